The second-order valence-electron chi connectivity index (χ2n) is 11.0. The number of carbonyl (C=O) groups excluding carboxylic acids is 1. The molecule has 38 heavy (non-hydrogen) atoms. The third kappa shape index (κ3) is 3.50. The number of amides is 1. The van der Waals surface area contributed by atoms with Crippen molar-refractivity contribution >= 4 is 28.3 Å². The number of pyridine rings is 1. The van der Waals surface area contributed by atoms with Gasteiger partial charge < -0.3 is 15.0 Å². The second-order valence-corrected chi connectivity index (χ2v) is 11.0. The summed E-state index contributed by atoms with van der Waals surface area (Å²) in [5, 5.41) is 12.0. The van der Waals surface area contributed by atoms with Gasteiger partial charge >= 0.3 is 0 Å². The van der Waals surface area contributed by atoms with Crippen molar-refractivity contribution in [3.05, 3.63) is 65.9 Å². The minimum Gasteiger partial charge on any atom is -0.497 e. The highest BCUT2D eigenvalue weighted by atomic mass is 16.5. The number of nitrogens with one attached hydrogen (secondary N) is 2. The Balaban J connectivity index is 1.12. The van der Waals surface area contributed by atoms with E-state index in [0.29, 0.717) is 6.04 Å². The molecule has 8 heteroatoms. The maximum Gasteiger partial charge on any atom is 0.235 e. The van der Waals surface area contributed by atoms with E-state index in [2.05, 4.69) is 69.5 Å². The molecule has 1 aliphatic carbocycles. The number of hydrogen-bond donors (Lipinski definition) is 2. The SMILES string of the molecule is COc1ccc2c(c1)[C@]1(CC1c1ccc3c(-c4ccc(N5CCN(C(C)C)CC5)nc4)n[nH]c3c1)C(=O)N2. The predicted octanol–water partition coefficient (Wildman–Crippen LogP) is 4.54. The number of carbonyl (C=O) groups is 1. The maximum absolute atomic E-state index is 13.1. The number of nitrogens with zero attached hydrogens (tertiary/aromatic N) is 4. The standard InChI is InChI=1S/C30H32N6O2/c1-18(2)35-10-12-36(13-11-35)27-9-5-20(17-31-27)28-22-7-4-19(14-26(22)33-34-28)24-16-30(24)23-15-21(38-3)6-8-25(23)32-29(30)37/h4-9,14-15,17-18,24H,10-13,16H2,1-3H3,(H,32,37)(H,33,34)/t24?,30-/m0/s1. The number of rotatable bonds is 5. The quantitative estimate of drug-likeness (QED) is 0.412. The molecule has 1 saturated carbocycles. The molecule has 2 atom stereocenters. The highest BCUT2D eigenvalue weighted by Crippen LogP contribution is 2.65. The van der Waals surface area contributed by atoms with Crippen molar-refractivity contribution in [3.8, 4) is 17.0 Å². The lowest BCUT2D eigenvalue weighted by Gasteiger charge is -2.37. The van der Waals surface area contributed by atoms with Crippen LogP contribution in [0.25, 0.3) is 22.2 Å². The molecular formula is C30H32N6O2. The number of methoxy groups -OCH3 is 1. The molecule has 0 radical (unpaired) electrons. The average molecular weight is 509 g/mol. The molecule has 1 amide bonds. The summed E-state index contributed by atoms with van der Waals surface area (Å²) in [6.45, 7) is 8.63. The van der Waals surface area contributed by atoms with Crippen molar-refractivity contribution < 1.29 is 9.53 Å². The molecule has 2 N–H and O–H groups in total. The van der Waals surface area contributed by atoms with Gasteiger partial charge in [0.15, 0.2) is 0 Å². The Morgan fingerprint density at radius 1 is 1.05 bits per heavy atom. The van der Waals surface area contributed by atoms with E-state index in [1.807, 2.05) is 24.4 Å². The van der Waals surface area contributed by atoms with Gasteiger partial charge in [-0.3, -0.25) is 14.8 Å². The Bertz CT molecular complexity index is 1540. The van der Waals surface area contributed by atoms with Crippen LogP contribution in [0.1, 0.15) is 37.3 Å². The summed E-state index contributed by atoms with van der Waals surface area (Å²) in [6.07, 6.45) is 2.72. The van der Waals surface area contributed by atoms with Crippen molar-refractivity contribution in [2.24, 2.45) is 0 Å². The molecule has 2 aromatic carbocycles. The van der Waals surface area contributed by atoms with Gasteiger partial charge in [-0.25, -0.2) is 4.98 Å². The Morgan fingerprint density at radius 2 is 1.89 bits per heavy atom. The van der Waals surface area contributed by atoms with Crippen molar-refractivity contribution in [3.63, 3.8) is 0 Å². The van der Waals surface area contributed by atoms with Crippen LogP contribution >= 0.6 is 0 Å². The Hall–Kier alpha value is -3.91. The minimum absolute atomic E-state index is 0.0768. The van der Waals surface area contributed by atoms with E-state index in [4.69, 9.17) is 9.72 Å². The zero-order valence-electron chi connectivity index (χ0n) is 22.0. The van der Waals surface area contributed by atoms with Crippen LogP contribution in [-0.4, -0.2) is 65.3 Å². The third-order valence-corrected chi connectivity index (χ3v) is 8.70. The van der Waals surface area contributed by atoms with Gasteiger partial charge in [0.25, 0.3) is 0 Å². The van der Waals surface area contributed by atoms with E-state index >= 15 is 0 Å². The number of aromatic nitrogens is 3. The highest BCUT2D eigenvalue weighted by molar-refractivity contribution is 6.10. The number of anilines is 2. The molecule has 2 aromatic heterocycles. The number of aromatic amines is 1. The van der Waals surface area contributed by atoms with Crippen molar-refractivity contribution in [1.82, 2.24) is 20.1 Å². The summed E-state index contributed by atoms with van der Waals surface area (Å²) in [5.41, 5.74) is 5.42. The normalized spacial score (nSPS) is 22.8. The van der Waals surface area contributed by atoms with Crippen LogP contribution < -0.4 is 15.0 Å². The van der Waals surface area contributed by atoms with Crippen LogP contribution in [0.2, 0.25) is 0 Å². The predicted molar refractivity (Wildman–Crippen MR) is 149 cm³/mol. The van der Waals surface area contributed by atoms with Crippen LogP contribution in [0.15, 0.2) is 54.7 Å². The van der Waals surface area contributed by atoms with Crippen LogP contribution in [0, 0.1) is 0 Å². The van der Waals surface area contributed by atoms with E-state index in [-0.39, 0.29) is 11.8 Å². The lowest BCUT2D eigenvalue weighted by molar-refractivity contribution is -0.118. The first-order valence-electron chi connectivity index (χ1n) is 13.4. The summed E-state index contributed by atoms with van der Waals surface area (Å²) < 4.78 is 5.43. The maximum atomic E-state index is 13.1. The monoisotopic (exact) mass is 508 g/mol. The Kier molecular flexibility index (Phi) is 5.23. The molecule has 8 nitrogen and oxygen atoms in total. The molecule has 1 spiro atoms. The number of ether oxygens (including phenoxy) is 1. The van der Waals surface area contributed by atoms with E-state index in [1.165, 1.54) is 0 Å². The van der Waals surface area contributed by atoms with Gasteiger partial charge in [0.2, 0.25) is 5.91 Å². The minimum atomic E-state index is -0.513. The van der Waals surface area contributed by atoms with Crippen LogP contribution in [-0.2, 0) is 10.2 Å². The van der Waals surface area contributed by atoms with E-state index in [1.54, 1.807) is 7.11 Å². The van der Waals surface area contributed by atoms with E-state index in [9.17, 15) is 4.79 Å². The molecule has 1 saturated heterocycles. The smallest absolute Gasteiger partial charge is 0.235 e. The summed E-state index contributed by atoms with van der Waals surface area (Å²) in [7, 11) is 1.66. The molecule has 1 unspecified atom stereocenters. The number of fused-ring (bicyclic) bond motifs is 3. The fraction of sp³-hybridized carbons (Fsp3) is 0.367. The zero-order chi connectivity index (χ0) is 26.0. The first-order valence-corrected chi connectivity index (χ1v) is 13.4. The molecule has 4 aromatic rings. The topological polar surface area (TPSA) is 86.4 Å². The number of H-pyrrole nitrogens is 1. The number of hydrogen-bond acceptors (Lipinski definition) is 6. The molecule has 4 heterocycles. The largest absolute Gasteiger partial charge is 0.497 e. The van der Waals surface area contributed by atoms with Crippen molar-refractivity contribution in [2.45, 2.75) is 37.6 Å². The fourth-order valence-electron chi connectivity index (χ4n) is 6.35. The third-order valence-electron chi connectivity index (χ3n) is 8.70. The van der Waals surface area contributed by atoms with Gasteiger partial charge in [0, 0.05) is 61.0 Å². The van der Waals surface area contributed by atoms with Crippen LogP contribution in [0.4, 0.5) is 11.5 Å². The molecule has 2 fully saturated rings. The molecule has 0 bridgehead atoms. The van der Waals surface area contributed by atoms with Gasteiger partial charge in [-0.15, -0.1) is 0 Å². The Morgan fingerprint density at radius 3 is 2.63 bits per heavy atom. The van der Waals surface area contributed by atoms with Gasteiger partial charge in [-0.1, -0.05) is 12.1 Å². The lowest BCUT2D eigenvalue weighted by atomic mass is 9.91. The lowest BCUT2D eigenvalue weighted by Crippen LogP contribution is -2.49. The number of piperazine rings is 1. The van der Waals surface area contributed by atoms with Gasteiger partial charge in [-0.05, 0) is 67.8 Å². The molecule has 2 aliphatic heterocycles. The van der Waals surface area contributed by atoms with Crippen LogP contribution in [0.3, 0.4) is 0 Å². The molecule has 7 rings (SSSR count). The second kappa shape index (κ2) is 8.56. The molecule has 3 aliphatic rings. The average Bonchev–Trinajstić information content (AvgIpc) is 3.47. The first kappa shape index (κ1) is 23.2. The summed E-state index contributed by atoms with van der Waals surface area (Å²) in [6, 6.07) is 17.0. The fourth-order valence-corrected chi connectivity index (χ4v) is 6.35. The summed E-state index contributed by atoms with van der Waals surface area (Å²) in [4.78, 5) is 22.7. The van der Waals surface area contributed by atoms with Crippen molar-refractivity contribution in [2.75, 3.05) is 43.5 Å². The number of benzene rings is 2. The first-order chi connectivity index (χ1) is 18.5. The Labute approximate surface area is 222 Å². The van der Waals surface area contributed by atoms with Gasteiger partial charge in [0.05, 0.1) is 18.0 Å². The molecule has 194 valence electrons. The van der Waals surface area contributed by atoms with Crippen LogP contribution in [0.5, 0.6) is 5.75 Å². The van der Waals surface area contributed by atoms with E-state index < -0.39 is 5.41 Å². The summed E-state index contributed by atoms with van der Waals surface area (Å²) in [5.74, 6) is 2.00. The van der Waals surface area contributed by atoms with Gasteiger partial charge in [-0.2, -0.15) is 5.10 Å². The van der Waals surface area contributed by atoms with E-state index in [0.717, 1.165) is 83.1 Å². The zero-order valence-corrected chi connectivity index (χ0v) is 22.0. The molecular weight excluding hydrogens is 476 g/mol. The summed E-state index contributed by atoms with van der Waals surface area (Å²) >= 11 is 0. The van der Waals surface area contributed by atoms with Gasteiger partial charge in [0.1, 0.15) is 17.3 Å². The highest BCUT2D eigenvalue weighted by Gasteiger charge is 2.65. The van der Waals surface area contributed by atoms with Crippen molar-refractivity contribution in [1.29, 1.82) is 0 Å².